The highest BCUT2D eigenvalue weighted by molar-refractivity contribution is 7.10. The van der Waals surface area contributed by atoms with Crippen molar-refractivity contribution in [1.29, 1.82) is 0 Å². The minimum absolute atomic E-state index is 0.146. The first-order valence-electron chi connectivity index (χ1n) is 4.53. The minimum atomic E-state index is -0.474. The van der Waals surface area contributed by atoms with E-state index in [0.717, 1.165) is 4.88 Å². The van der Waals surface area contributed by atoms with Gasteiger partial charge in [0, 0.05) is 4.88 Å². The SMILES string of the molecule is CC(=O)CC(=O)OCC=Cc1cccs1. The second-order valence-electron chi connectivity index (χ2n) is 2.98. The molecule has 0 aliphatic heterocycles. The lowest BCUT2D eigenvalue weighted by Gasteiger charge is -1.98. The number of thiophene rings is 1. The van der Waals surface area contributed by atoms with Crippen LogP contribution in [0, 0.1) is 0 Å². The van der Waals surface area contributed by atoms with E-state index in [1.54, 1.807) is 17.4 Å². The number of ether oxygens (including phenoxy) is 1. The number of rotatable bonds is 5. The van der Waals surface area contributed by atoms with Gasteiger partial charge in [-0.3, -0.25) is 9.59 Å². The molecule has 0 bridgehead atoms. The van der Waals surface area contributed by atoms with E-state index in [-0.39, 0.29) is 18.8 Å². The minimum Gasteiger partial charge on any atom is -0.461 e. The largest absolute Gasteiger partial charge is 0.461 e. The van der Waals surface area contributed by atoms with Gasteiger partial charge in [-0.15, -0.1) is 11.3 Å². The molecule has 3 nitrogen and oxygen atoms in total. The van der Waals surface area contributed by atoms with Gasteiger partial charge >= 0.3 is 5.97 Å². The third-order valence-corrected chi connectivity index (χ3v) is 2.40. The van der Waals surface area contributed by atoms with Gasteiger partial charge < -0.3 is 4.74 Å². The molecule has 0 saturated carbocycles. The zero-order valence-corrected chi connectivity index (χ0v) is 9.25. The van der Waals surface area contributed by atoms with Gasteiger partial charge in [0.15, 0.2) is 0 Å². The van der Waals surface area contributed by atoms with Gasteiger partial charge in [-0.25, -0.2) is 0 Å². The standard InChI is InChI=1S/C11H12O3S/c1-9(12)8-11(13)14-6-2-4-10-5-3-7-15-10/h2-5,7H,6,8H2,1H3. The molecule has 80 valence electrons. The quantitative estimate of drug-likeness (QED) is 0.569. The molecule has 0 aromatic carbocycles. The van der Waals surface area contributed by atoms with Gasteiger partial charge in [-0.05, 0) is 30.5 Å². The summed E-state index contributed by atoms with van der Waals surface area (Å²) >= 11 is 1.61. The van der Waals surface area contributed by atoms with Crippen LogP contribution in [-0.2, 0) is 14.3 Å². The summed E-state index contributed by atoms with van der Waals surface area (Å²) < 4.78 is 4.81. The van der Waals surface area contributed by atoms with Crippen LogP contribution in [0.1, 0.15) is 18.2 Å². The Morgan fingerprint density at radius 3 is 2.93 bits per heavy atom. The summed E-state index contributed by atoms with van der Waals surface area (Å²) in [7, 11) is 0. The fourth-order valence-corrected chi connectivity index (χ4v) is 1.59. The summed E-state index contributed by atoms with van der Waals surface area (Å²) in [5.41, 5.74) is 0. The van der Waals surface area contributed by atoms with Crippen LogP contribution in [0.3, 0.4) is 0 Å². The van der Waals surface area contributed by atoms with Crippen molar-refractivity contribution in [3.8, 4) is 0 Å². The maximum Gasteiger partial charge on any atom is 0.313 e. The van der Waals surface area contributed by atoms with Crippen LogP contribution >= 0.6 is 11.3 Å². The second-order valence-corrected chi connectivity index (χ2v) is 3.96. The van der Waals surface area contributed by atoms with Gasteiger partial charge in [0.1, 0.15) is 18.8 Å². The van der Waals surface area contributed by atoms with Gasteiger partial charge in [0.25, 0.3) is 0 Å². The van der Waals surface area contributed by atoms with Crippen molar-refractivity contribution in [3.63, 3.8) is 0 Å². The van der Waals surface area contributed by atoms with E-state index in [2.05, 4.69) is 0 Å². The molecule has 0 fully saturated rings. The van der Waals surface area contributed by atoms with Crippen molar-refractivity contribution in [2.24, 2.45) is 0 Å². The molecule has 1 aromatic heterocycles. The number of carbonyl (C=O) groups excluding carboxylic acids is 2. The lowest BCUT2D eigenvalue weighted by atomic mass is 10.3. The number of esters is 1. The Morgan fingerprint density at radius 2 is 2.33 bits per heavy atom. The zero-order valence-electron chi connectivity index (χ0n) is 8.43. The van der Waals surface area contributed by atoms with Crippen molar-refractivity contribution in [1.82, 2.24) is 0 Å². The van der Waals surface area contributed by atoms with E-state index >= 15 is 0 Å². The van der Waals surface area contributed by atoms with E-state index in [1.807, 2.05) is 23.6 Å². The molecule has 0 atom stereocenters. The average molecular weight is 224 g/mol. The fraction of sp³-hybridized carbons (Fsp3) is 0.273. The highest BCUT2D eigenvalue weighted by Crippen LogP contribution is 2.09. The Morgan fingerprint density at radius 1 is 1.53 bits per heavy atom. The highest BCUT2D eigenvalue weighted by atomic mass is 32.1. The predicted octanol–water partition coefficient (Wildman–Crippen LogP) is 2.28. The maximum atomic E-state index is 10.9. The molecular weight excluding hydrogens is 212 g/mol. The molecule has 4 heteroatoms. The van der Waals surface area contributed by atoms with Crippen LogP contribution in [0.5, 0.6) is 0 Å². The number of ketones is 1. The molecule has 0 radical (unpaired) electrons. The van der Waals surface area contributed by atoms with E-state index in [9.17, 15) is 9.59 Å². The van der Waals surface area contributed by atoms with E-state index in [0.29, 0.717) is 0 Å². The van der Waals surface area contributed by atoms with Crippen LogP contribution in [0.25, 0.3) is 6.08 Å². The zero-order chi connectivity index (χ0) is 11.1. The second kappa shape index (κ2) is 6.14. The van der Waals surface area contributed by atoms with E-state index in [1.165, 1.54) is 6.92 Å². The molecule has 15 heavy (non-hydrogen) atoms. The number of Topliss-reactive ketones (excluding diaryl/α,β-unsaturated/α-hetero) is 1. The third-order valence-electron chi connectivity index (χ3n) is 1.56. The normalized spacial score (nSPS) is 10.5. The molecule has 1 rings (SSSR count). The Balaban J connectivity index is 2.21. The van der Waals surface area contributed by atoms with Gasteiger partial charge in [-0.1, -0.05) is 6.07 Å². The first kappa shape index (κ1) is 11.7. The van der Waals surface area contributed by atoms with Crippen molar-refractivity contribution in [3.05, 3.63) is 28.5 Å². The summed E-state index contributed by atoms with van der Waals surface area (Å²) in [6, 6.07) is 3.92. The summed E-state index contributed by atoms with van der Waals surface area (Å²) in [6.45, 7) is 1.58. The number of hydrogen-bond acceptors (Lipinski definition) is 4. The van der Waals surface area contributed by atoms with E-state index in [4.69, 9.17) is 4.74 Å². The van der Waals surface area contributed by atoms with Crippen molar-refractivity contribution < 1.29 is 14.3 Å². The topological polar surface area (TPSA) is 43.4 Å². The smallest absolute Gasteiger partial charge is 0.313 e. The first-order valence-corrected chi connectivity index (χ1v) is 5.41. The number of hydrogen-bond donors (Lipinski definition) is 0. The van der Waals surface area contributed by atoms with Gasteiger partial charge in [0.2, 0.25) is 0 Å². The Hall–Kier alpha value is -1.42. The van der Waals surface area contributed by atoms with E-state index < -0.39 is 5.97 Å². The molecule has 0 aliphatic carbocycles. The van der Waals surface area contributed by atoms with Crippen LogP contribution in [0.15, 0.2) is 23.6 Å². The molecule has 0 spiro atoms. The third kappa shape index (κ3) is 5.12. The van der Waals surface area contributed by atoms with Crippen LogP contribution in [0.2, 0.25) is 0 Å². The Labute approximate surface area is 92.4 Å². The molecule has 1 aromatic rings. The lowest BCUT2D eigenvalue weighted by Crippen LogP contribution is -2.08. The summed E-state index contributed by atoms with van der Waals surface area (Å²) in [6.07, 6.45) is 3.49. The summed E-state index contributed by atoms with van der Waals surface area (Å²) in [5, 5.41) is 1.97. The van der Waals surface area contributed by atoms with Crippen LogP contribution in [-0.4, -0.2) is 18.4 Å². The van der Waals surface area contributed by atoms with Crippen LogP contribution in [0.4, 0.5) is 0 Å². The van der Waals surface area contributed by atoms with Crippen molar-refractivity contribution in [2.75, 3.05) is 6.61 Å². The summed E-state index contributed by atoms with van der Waals surface area (Å²) in [5.74, 6) is -0.652. The molecule has 0 amide bonds. The average Bonchev–Trinajstić information content (AvgIpc) is 2.63. The molecule has 1 heterocycles. The number of carbonyl (C=O) groups is 2. The van der Waals surface area contributed by atoms with Crippen molar-refractivity contribution >= 4 is 29.2 Å². The fourth-order valence-electron chi connectivity index (χ4n) is 0.946. The first-order chi connectivity index (χ1) is 7.18. The highest BCUT2D eigenvalue weighted by Gasteiger charge is 2.04. The molecule has 0 unspecified atom stereocenters. The predicted molar refractivity (Wildman–Crippen MR) is 59.6 cm³/mol. The molecule has 0 saturated heterocycles. The monoisotopic (exact) mass is 224 g/mol. The Kier molecular flexibility index (Phi) is 4.77. The molecular formula is C11H12O3S. The van der Waals surface area contributed by atoms with Gasteiger partial charge in [0.05, 0.1) is 0 Å². The lowest BCUT2D eigenvalue weighted by molar-refractivity contribution is -0.144. The van der Waals surface area contributed by atoms with Gasteiger partial charge in [-0.2, -0.15) is 0 Å². The Bertz CT molecular complexity index is 352. The molecule has 0 N–H and O–H groups in total. The molecule has 0 aliphatic rings. The maximum absolute atomic E-state index is 10.9. The summed E-state index contributed by atoms with van der Waals surface area (Å²) in [4.78, 5) is 22.6. The van der Waals surface area contributed by atoms with Crippen molar-refractivity contribution in [2.45, 2.75) is 13.3 Å². The van der Waals surface area contributed by atoms with Crippen LogP contribution < -0.4 is 0 Å².